The van der Waals surface area contributed by atoms with E-state index >= 15 is 0 Å². The van der Waals surface area contributed by atoms with Crippen LogP contribution < -0.4 is 10.7 Å². The van der Waals surface area contributed by atoms with Gasteiger partial charge in [-0.3, -0.25) is 19.3 Å². The Balaban J connectivity index is 1.07. The summed E-state index contributed by atoms with van der Waals surface area (Å²) in [4.78, 5) is 70.3. The number of nitrogens with one attached hydrogen (secondary N) is 1. The smallest absolute Gasteiger partial charge is 0.477 e. The Kier molecular flexibility index (Phi) is 20.1. The van der Waals surface area contributed by atoms with Crippen LogP contribution in [0.25, 0.3) is 10.9 Å². The lowest BCUT2D eigenvalue weighted by Crippen LogP contribution is -2.61. The average Bonchev–Trinajstić information content (AvgIpc) is 3.82. The molecule has 7 rings (SSSR count). The standard InChI is InChI=1S/C58H90N4O17/c1-15-42-58(10)50(78-55(69)79-58)35(6)61(13)29-31(2)27-56(8,70)49(77-54-47(65)41(60(11)12)24-32(3)72-54)33(4)48(34(5)53(68)74-42)76-44-28-57(9,71-14)51(36(7)73-44)75-43(63)20-22-59-21-16-18-37-25-38-19-17-23-62-30-40(52(66)67)46(64)39(26-37)45(38)62/h25-26,30-36,41-42,44,47-51,54,59,65,70H,15-24,27-29H2,1-14H3,(H,66,67)/t31-,32-,33+,34-,35-,36+,41+,42-,44+,47-,48+,49-,50?,51+,54+,56-,57-,58-/m1/s1. The zero-order valence-corrected chi connectivity index (χ0v) is 49.0. The van der Waals surface area contributed by atoms with Gasteiger partial charge in [-0.15, -0.1) is 0 Å². The van der Waals surface area contributed by atoms with Gasteiger partial charge in [0.25, 0.3) is 0 Å². The number of aliphatic hydroxyl groups is 2. The number of pyridine rings is 1. The molecule has 1 aromatic heterocycles. The lowest BCUT2D eigenvalue weighted by atomic mass is 9.77. The van der Waals surface area contributed by atoms with Crippen molar-refractivity contribution in [3.63, 3.8) is 0 Å². The molecule has 5 aliphatic heterocycles. The second-order valence-electron chi connectivity index (χ2n) is 24.3. The molecule has 0 bridgehead atoms. The van der Waals surface area contributed by atoms with Crippen LogP contribution in [0.5, 0.6) is 0 Å². The van der Waals surface area contributed by atoms with Crippen molar-refractivity contribution in [3.8, 4) is 0 Å². The summed E-state index contributed by atoms with van der Waals surface area (Å²) in [7, 11) is 7.18. The highest BCUT2D eigenvalue weighted by Gasteiger charge is 2.58. The predicted molar refractivity (Wildman–Crippen MR) is 290 cm³/mol. The number of benzene rings is 1. The zero-order chi connectivity index (χ0) is 58.1. The molecule has 6 heterocycles. The molecule has 5 aliphatic rings. The summed E-state index contributed by atoms with van der Waals surface area (Å²) in [6.45, 7) is 20.2. The molecule has 79 heavy (non-hydrogen) atoms. The van der Waals surface area contributed by atoms with Gasteiger partial charge in [0.05, 0.1) is 47.9 Å². The number of carbonyl (C=O) groups is 4. The lowest BCUT2D eigenvalue weighted by Gasteiger charge is -2.49. The number of cyclic esters (lactones) is 1. The van der Waals surface area contributed by atoms with Gasteiger partial charge in [0.15, 0.2) is 30.4 Å². The highest BCUT2D eigenvalue weighted by molar-refractivity contribution is 5.94. The van der Waals surface area contributed by atoms with E-state index in [0.29, 0.717) is 50.8 Å². The maximum atomic E-state index is 14.8. The van der Waals surface area contributed by atoms with Crippen LogP contribution >= 0.6 is 0 Å². The van der Waals surface area contributed by atoms with Crippen molar-refractivity contribution < 1.29 is 77.1 Å². The number of aromatic carboxylic acids is 1. The third-order valence-electron chi connectivity index (χ3n) is 17.6. The van der Waals surface area contributed by atoms with E-state index in [1.54, 1.807) is 33.8 Å². The van der Waals surface area contributed by atoms with E-state index in [2.05, 4.69) is 11.4 Å². The van der Waals surface area contributed by atoms with E-state index < -0.39 is 119 Å². The number of carboxylic acid groups (broad SMARTS) is 1. The van der Waals surface area contributed by atoms with Gasteiger partial charge in [-0.05, 0) is 144 Å². The first-order valence-corrected chi connectivity index (χ1v) is 28.5. The van der Waals surface area contributed by atoms with Crippen LogP contribution in [0, 0.1) is 17.8 Å². The number of hydrogen-bond donors (Lipinski definition) is 4. The van der Waals surface area contributed by atoms with E-state index in [-0.39, 0.29) is 49.3 Å². The number of fused-ring (bicyclic) bond motifs is 1. The van der Waals surface area contributed by atoms with Crippen LogP contribution in [-0.2, 0) is 71.6 Å². The molecule has 0 spiro atoms. The van der Waals surface area contributed by atoms with Crippen LogP contribution in [-0.4, -0.2) is 192 Å². The molecule has 0 saturated carbocycles. The first-order chi connectivity index (χ1) is 37.1. The zero-order valence-electron chi connectivity index (χ0n) is 49.0. The topological polar surface area (TPSA) is 253 Å². The summed E-state index contributed by atoms with van der Waals surface area (Å²) in [5.41, 5.74) is -2.05. The number of esters is 2. The van der Waals surface area contributed by atoms with Gasteiger partial charge in [0, 0.05) is 62.7 Å². The molecule has 1 unspecified atom stereocenters. The molecule has 0 aliphatic carbocycles. The summed E-state index contributed by atoms with van der Waals surface area (Å²) >= 11 is 0. The minimum absolute atomic E-state index is 0.0479. The van der Waals surface area contributed by atoms with Gasteiger partial charge < -0.3 is 72.7 Å². The SMILES string of the molecule is CC[C@H]1OC(=O)[C@H](C)[C@@H](O[C@H]2C[C@@](C)(OC)[C@@H](OC(=O)CCNCCCc3cc4c5c(c3)c(=O)c(C(=O)O)cn5CCC4)[C@H](C)O2)[C@H](C)[C@@H](O[C@@H]2O[C@H](C)C[C@H](N(C)C)[C@H]2O)[C@](C)(O)C[C@@H](C)CN(C)[C@H](C)C2OC(=O)O[C@@]21C. The van der Waals surface area contributed by atoms with Crippen molar-refractivity contribution in [2.45, 2.75) is 224 Å². The Morgan fingerprint density at radius 2 is 1.68 bits per heavy atom. The summed E-state index contributed by atoms with van der Waals surface area (Å²) < 4.78 is 59.0. The Morgan fingerprint density at radius 3 is 2.35 bits per heavy atom. The highest BCUT2D eigenvalue weighted by atomic mass is 16.8. The first kappa shape index (κ1) is 62.3. The van der Waals surface area contributed by atoms with E-state index in [0.717, 1.165) is 29.5 Å². The van der Waals surface area contributed by atoms with Gasteiger partial charge in [-0.25, -0.2) is 9.59 Å². The average molecular weight is 1120 g/mol. The number of aromatic nitrogens is 1. The first-order valence-electron chi connectivity index (χ1n) is 28.5. The van der Waals surface area contributed by atoms with Crippen molar-refractivity contribution in [2.24, 2.45) is 17.8 Å². The number of carboxylic acids is 1. The van der Waals surface area contributed by atoms with Crippen LogP contribution in [0.2, 0.25) is 0 Å². The predicted octanol–water partition coefficient (Wildman–Crippen LogP) is 5.21. The minimum atomic E-state index is -1.63. The molecule has 444 valence electrons. The molecule has 18 atom stereocenters. The largest absolute Gasteiger partial charge is 0.509 e. The second-order valence-corrected chi connectivity index (χ2v) is 24.3. The number of nitrogens with zero attached hydrogens (tertiary/aromatic N) is 3. The highest BCUT2D eigenvalue weighted by Crippen LogP contribution is 2.43. The van der Waals surface area contributed by atoms with E-state index in [4.69, 9.17) is 42.6 Å². The molecular formula is C58H90N4O17. The monoisotopic (exact) mass is 1110 g/mol. The minimum Gasteiger partial charge on any atom is -0.477 e. The summed E-state index contributed by atoms with van der Waals surface area (Å²) in [6.07, 6.45) is -4.50. The van der Waals surface area contributed by atoms with Crippen LogP contribution in [0.1, 0.15) is 136 Å². The number of carbonyl (C=O) groups excluding carboxylic acids is 3. The molecule has 0 radical (unpaired) electrons. The van der Waals surface area contributed by atoms with Gasteiger partial charge in [0.1, 0.15) is 23.4 Å². The van der Waals surface area contributed by atoms with Gasteiger partial charge in [-0.1, -0.05) is 26.8 Å². The number of aryl methyl sites for hydroxylation is 3. The third-order valence-corrected chi connectivity index (χ3v) is 17.6. The molecule has 4 fully saturated rings. The van der Waals surface area contributed by atoms with Crippen molar-refractivity contribution >= 4 is 35.0 Å². The molecule has 21 heteroatoms. The van der Waals surface area contributed by atoms with Crippen LogP contribution in [0.15, 0.2) is 23.1 Å². The lowest BCUT2D eigenvalue weighted by molar-refractivity contribution is -0.318. The molecule has 0 amide bonds. The number of rotatable bonds is 16. The Bertz CT molecular complexity index is 2540. The summed E-state index contributed by atoms with van der Waals surface area (Å²) in [5, 5.41) is 38.1. The quantitative estimate of drug-likeness (QED) is 0.0957. The third kappa shape index (κ3) is 13.6. The van der Waals surface area contributed by atoms with Crippen molar-refractivity contribution in [3.05, 3.63) is 45.2 Å². The molecule has 2 aromatic rings. The normalized spacial score (nSPS) is 37.8. The van der Waals surface area contributed by atoms with E-state index in [1.807, 2.05) is 77.1 Å². The number of ether oxygens (including phenoxy) is 9. The van der Waals surface area contributed by atoms with Crippen molar-refractivity contribution in [1.29, 1.82) is 0 Å². The Labute approximate surface area is 465 Å². The second kappa shape index (κ2) is 25.5. The fraction of sp³-hybridized carbons (Fsp3) is 0.776. The number of methoxy groups -OCH3 is 1. The number of hydrogen-bond acceptors (Lipinski definition) is 19. The summed E-state index contributed by atoms with van der Waals surface area (Å²) in [5.74, 6) is -4.46. The molecule has 1 aromatic carbocycles. The maximum Gasteiger partial charge on any atom is 0.509 e. The number of aliphatic hydroxyl groups excluding tert-OH is 1. The molecule has 4 saturated heterocycles. The Hall–Kier alpha value is -4.29. The van der Waals surface area contributed by atoms with E-state index in [1.165, 1.54) is 13.3 Å². The maximum absolute atomic E-state index is 14.8. The fourth-order valence-electron chi connectivity index (χ4n) is 13.3. The molecule has 21 nitrogen and oxygen atoms in total. The fourth-order valence-corrected chi connectivity index (χ4v) is 13.3. The van der Waals surface area contributed by atoms with Gasteiger partial charge >= 0.3 is 24.1 Å². The number of likely N-dealkylation sites (N-methyl/N-ethyl adjacent to an activating group) is 2. The molecular weight excluding hydrogens is 1020 g/mol. The van der Waals surface area contributed by atoms with Crippen LogP contribution in [0.3, 0.4) is 0 Å². The van der Waals surface area contributed by atoms with Crippen molar-refractivity contribution in [2.75, 3.05) is 47.9 Å². The summed E-state index contributed by atoms with van der Waals surface area (Å²) in [6, 6.07) is 3.19. The van der Waals surface area contributed by atoms with Gasteiger partial charge in [-0.2, -0.15) is 0 Å². The molecule has 4 N–H and O–H groups in total. The van der Waals surface area contributed by atoms with Crippen molar-refractivity contribution in [1.82, 2.24) is 19.7 Å². The Morgan fingerprint density at radius 1 is 0.962 bits per heavy atom. The van der Waals surface area contributed by atoms with Crippen LogP contribution in [0.4, 0.5) is 4.79 Å². The van der Waals surface area contributed by atoms with E-state index in [9.17, 15) is 39.3 Å². The van der Waals surface area contributed by atoms with Gasteiger partial charge in [0.2, 0.25) is 5.43 Å².